The monoisotopic (exact) mass is 1550 g/mol. The number of thiazole rings is 1. The molecule has 9 aromatic rings. The molecule has 582 valence electrons. The van der Waals surface area contributed by atoms with Crippen molar-refractivity contribution in [2.75, 3.05) is 13.2 Å². The summed E-state index contributed by atoms with van der Waals surface area (Å²) in [6.45, 7) is 27.9. The Kier molecular flexibility index (Phi) is 22.7. The Balaban J connectivity index is 0.000000120. The second-order valence-electron chi connectivity index (χ2n) is 30.2. The lowest BCUT2D eigenvalue weighted by Gasteiger charge is -2.31. The average Bonchev–Trinajstić information content (AvgIpc) is 1.64. The number of carbonyl (C=O) groups excluding carboxylic acids is 8. The molecule has 114 heavy (non-hydrogen) atoms. The highest BCUT2D eigenvalue weighted by Gasteiger charge is 2.44. The molecule has 0 bridgehead atoms. The van der Waals surface area contributed by atoms with Gasteiger partial charge in [0.2, 0.25) is 23.6 Å². The molecule has 0 spiro atoms. The van der Waals surface area contributed by atoms with E-state index in [-0.39, 0.29) is 47.3 Å². The van der Waals surface area contributed by atoms with Crippen LogP contribution >= 0.6 is 11.3 Å². The lowest BCUT2D eigenvalue weighted by atomic mass is 9.83. The molecular weight excluding hydrogens is 1460 g/mol. The number of nitrogens with zero attached hydrogens (tertiary/aromatic N) is 6. The van der Waals surface area contributed by atoms with Gasteiger partial charge in [0, 0.05) is 79.1 Å². The first-order valence-electron chi connectivity index (χ1n) is 38.7. The molecule has 24 heteroatoms. The molecule has 4 unspecified atom stereocenters. The van der Waals surface area contributed by atoms with Gasteiger partial charge in [-0.2, -0.15) is 0 Å². The number of hydrogen-bond acceptors (Lipinski definition) is 15. The second-order valence-corrected chi connectivity index (χ2v) is 31.3. The third-order valence-electron chi connectivity index (χ3n) is 22.4. The Labute approximate surface area is 664 Å². The van der Waals surface area contributed by atoms with Crippen LogP contribution in [-0.2, 0) is 65.0 Å². The third-order valence-corrected chi connectivity index (χ3v) is 23.5. The quantitative estimate of drug-likeness (QED) is 0.0618. The van der Waals surface area contributed by atoms with Crippen LogP contribution in [0.15, 0.2) is 205 Å². The third kappa shape index (κ3) is 16.6. The Bertz CT molecular complexity index is 5330. The number of allylic oxidation sites excluding steroid dienone is 4. The molecule has 0 radical (unpaired) electrons. The summed E-state index contributed by atoms with van der Waals surface area (Å²) in [6, 6.07) is 45.3. The van der Waals surface area contributed by atoms with Crippen molar-refractivity contribution in [3.05, 3.63) is 273 Å². The normalized spacial score (nSPS) is 20.9. The number of piperidine rings is 4. The van der Waals surface area contributed by atoms with Crippen molar-refractivity contribution in [3.8, 4) is 23.0 Å². The number of furan rings is 1. The molecule has 1 aliphatic carbocycles. The SMILES string of the molecule is C=C1CCC(N2Cc3c(OCC4CCC(C)CC4)cccc3C2=O)C(=O)N1.C=C1CCC(N2Cc3c(OCCc4cc5ccccc5o4)cccc3C2=O)C(=O)N1.C=C1CCC(N2Cc3c(OCc4nc5ccccc5s4)cccc3C2=O)C(=O)N1.[C-]#[N+]c1ccc(COc2cccc3c2CN(C2CCC(=C)NC2=O)C3=O)cc1. The Morgan fingerprint density at radius 2 is 0.886 bits per heavy atom. The average molecular weight is 1550 g/mol. The minimum Gasteiger partial charge on any atom is -0.493 e. The second kappa shape index (κ2) is 33.8. The van der Waals surface area contributed by atoms with E-state index in [0.29, 0.717) is 179 Å². The number of aromatic nitrogens is 1. The minimum absolute atomic E-state index is 0.0744. The summed E-state index contributed by atoms with van der Waals surface area (Å²) in [5.74, 6) is 3.95. The molecule has 18 rings (SSSR count). The lowest BCUT2D eigenvalue weighted by molar-refractivity contribution is -0.127. The smallest absolute Gasteiger partial charge is 0.255 e. The first kappa shape index (κ1) is 76.7. The highest BCUT2D eigenvalue weighted by Crippen LogP contribution is 2.41. The van der Waals surface area contributed by atoms with E-state index in [1.165, 1.54) is 25.7 Å². The highest BCUT2D eigenvalue weighted by molar-refractivity contribution is 7.18. The zero-order valence-electron chi connectivity index (χ0n) is 63.5. The number of rotatable bonds is 17. The van der Waals surface area contributed by atoms with E-state index in [4.69, 9.17) is 29.9 Å². The van der Waals surface area contributed by atoms with Gasteiger partial charge >= 0.3 is 0 Å². The van der Waals surface area contributed by atoms with Crippen LogP contribution in [0.2, 0.25) is 0 Å². The zero-order chi connectivity index (χ0) is 79.3. The number of ether oxygens (including phenoxy) is 4. The number of para-hydroxylation sites is 2. The molecule has 8 amide bonds. The Morgan fingerprint density at radius 3 is 1.32 bits per heavy atom. The van der Waals surface area contributed by atoms with Crippen LogP contribution in [0.25, 0.3) is 26.0 Å². The van der Waals surface area contributed by atoms with Gasteiger partial charge in [-0.05, 0) is 154 Å². The molecule has 2 aromatic heterocycles. The molecule has 4 saturated heterocycles. The maximum Gasteiger partial charge on any atom is 0.255 e. The van der Waals surface area contributed by atoms with Crippen molar-refractivity contribution < 1.29 is 61.7 Å². The fourth-order valence-corrected chi connectivity index (χ4v) is 17.0. The number of hydrogen-bond donors (Lipinski definition) is 4. The number of nitrogens with one attached hydrogen (secondary N) is 4. The van der Waals surface area contributed by atoms with Crippen molar-refractivity contribution in [1.29, 1.82) is 0 Å². The summed E-state index contributed by atoms with van der Waals surface area (Å²) < 4.78 is 31.2. The van der Waals surface area contributed by atoms with Crippen molar-refractivity contribution in [1.82, 2.24) is 45.9 Å². The van der Waals surface area contributed by atoms with Crippen LogP contribution in [0.5, 0.6) is 23.0 Å². The zero-order valence-corrected chi connectivity index (χ0v) is 64.3. The van der Waals surface area contributed by atoms with Gasteiger partial charge in [-0.1, -0.05) is 125 Å². The molecule has 10 heterocycles. The van der Waals surface area contributed by atoms with E-state index in [1.54, 1.807) is 67.3 Å². The van der Waals surface area contributed by atoms with E-state index in [0.717, 1.165) is 77.1 Å². The molecule has 8 aliphatic heterocycles. The van der Waals surface area contributed by atoms with Crippen LogP contribution in [0.4, 0.5) is 5.69 Å². The van der Waals surface area contributed by atoms with Crippen molar-refractivity contribution >= 4 is 85.5 Å². The van der Waals surface area contributed by atoms with Crippen LogP contribution in [0, 0.1) is 18.4 Å². The summed E-state index contributed by atoms with van der Waals surface area (Å²) in [5, 5.41) is 13.0. The summed E-state index contributed by atoms with van der Waals surface area (Å²) in [7, 11) is 0. The standard InChI is InChI=1S/C24H22N2O4.C22H19N3O3S.C22H19N3O3.C22H28N2O3/c1-15-9-10-20(23(27)25-15)26-14-19-18(24(26)28)6-4-8-22(19)29-12-11-17-13-16-5-2-3-7-21(16)30-17;1-13-9-10-17(21(26)23-13)25-11-15-14(22(25)27)5-4-7-18(15)28-12-20-24-16-6-2-3-8-19(16)29-20;1-14-6-11-19(21(26)24-14)25-12-18-17(22(25)27)4-3-5-20(18)28-13-15-7-9-16(23-2)10-8-15;1-14-6-9-16(10-7-14)13-27-20-5-3-4-17-18(20)12-24(22(17)26)19-11-8-15(2)23-21(19)25/h2-8,13,20H,1,9-12,14H2,(H,25,27);2-8,17H,1,9-12H2,(H,23,26);3-5,7-10,19H,1,6,11-13H2,(H,24,26);3-5,14,16,19H,2,6-13H2,1H3,(H,23,25). The molecule has 1 saturated carbocycles. The predicted molar refractivity (Wildman–Crippen MR) is 429 cm³/mol. The van der Waals surface area contributed by atoms with Crippen LogP contribution in [0.1, 0.15) is 164 Å². The molecule has 4 atom stereocenters. The first-order valence-corrected chi connectivity index (χ1v) is 39.6. The number of fused-ring (bicyclic) bond motifs is 6. The molecule has 4 N–H and O–H groups in total. The van der Waals surface area contributed by atoms with Crippen molar-refractivity contribution in [2.24, 2.45) is 11.8 Å². The van der Waals surface area contributed by atoms with Gasteiger partial charge in [-0.25, -0.2) is 9.83 Å². The summed E-state index contributed by atoms with van der Waals surface area (Å²) >= 11 is 1.60. The van der Waals surface area contributed by atoms with Gasteiger partial charge in [0.25, 0.3) is 23.6 Å². The maximum absolute atomic E-state index is 12.9. The van der Waals surface area contributed by atoms with E-state index < -0.39 is 24.2 Å². The number of carbonyl (C=O) groups is 8. The molecule has 23 nitrogen and oxygen atoms in total. The minimum atomic E-state index is -0.487. The van der Waals surface area contributed by atoms with E-state index >= 15 is 0 Å². The van der Waals surface area contributed by atoms with Crippen molar-refractivity contribution in [2.45, 2.75) is 154 Å². The Morgan fingerprint density at radius 1 is 0.474 bits per heavy atom. The highest BCUT2D eigenvalue weighted by atomic mass is 32.1. The fourth-order valence-electron chi connectivity index (χ4n) is 16.2. The summed E-state index contributed by atoms with van der Waals surface area (Å²) in [6.07, 6.45) is 10.7. The summed E-state index contributed by atoms with van der Waals surface area (Å²) in [5.41, 5.74) is 12.0. The molecule has 5 fully saturated rings. The van der Waals surface area contributed by atoms with Gasteiger partial charge in [-0.15, -0.1) is 11.3 Å². The Hall–Kier alpha value is -12.6. The van der Waals surface area contributed by atoms with Crippen LogP contribution in [-0.4, -0.2) is 109 Å². The molecular formula is C90H88N10O13S. The number of benzene rings is 7. The number of amides is 8. The van der Waals surface area contributed by atoms with Gasteiger partial charge in [0.05, 0.1) is 56.2 Å². The predicted octanol–water partition coefficient (Wildman–Crippen LogP) is 14.6. The van der Waals surface area contributed by atoms with Crippen LogP contribution in [0.3, 0.4) is 0 Å². The lowest BCUT2D eigenvalue weighted by Crippen LogP contribution is -2.49. The van der Waals surface area contributed by atoms with Crippen LogP contribution < -0.4 is 40.2 Å². The topological polar surface area (TPSA) is 265 Å². The maximum atomic E-state index is 12.9. The molecule has 7 aromatic carbocycles. The van der Waals surface area contributed by atoms with E-state index in [9.17, 15) is 38.4 Å². The summed E-state index contributed by atoms with van der Waals surface area (Å²) in [4.78, 5) is 116. The molecule has 9 aliphatic rings. The van der Waals surface area contributed by atoms with Gasteiger partial charge in [-0.3, -0.25) is 38.4 Å². The first-order chi connectivity index (χ1) is 55.3. The fraction of sp³-hybridized carbons (Fsp3) is 0.311. The van der Waals surface area contributed by atoms with Gasteiger partial charge in [0.15, 0.2) is 5.69 Å². The van der Waals surface area contributed by atoms with Gasteiger partial charge < -0.3 is 64.2 Å². The van der Waals surface area contributed by atoms with Gasteiger partial charge in [0.1, 0.15) is 76.7 Å². The van der Waals surface area contributed by atoms with E-state index in [2.05, 4.69) is 64.3 Å². The largest absolute Gasteiger partial charge is 0.493 e. The van der Waals surface area contributed by atoms with E-state index in [1.807, 2.05) is 115 Å². The van der Waals surface area contributed by atoms with Crippen molar-refractivity contribution in [3.63, 3.8) is 0 Å².